The van der Waals surface area contributed by atoms with Gasteiger partial charge in [-0.2, -0.15) is 0 Å². The molecule has 2 aliphatic carbocycles. The summed E-state index contributed by atoms with van der Waals surface area (Å²) in [6.45, 7) is 0.963. The molecule has 20 heavy (non-hydrogen) atoms. The molecule has 0 unspecified atom stereocenters. The minimum absolute atomic E-state index is 0.233. The van der Waals surface area contributed by atoms with Crippen LogP contribution in [0, 0.1) is 11.3 Å². The van der Waals surface area contributed by atoms with Crippen LogP contribution in [0.15, 0.2) is 23.2 Å². The van der Waals surface area contributed by atoms with Gasteiger partial charge in [-0.1, -0.05) is 0 Å². The van der Waals surface area contributed by atoms with E-state index in [0.29, 0.717) is 5.41 Å². The molecule has 0 aliphatic heterocycles. The van der Waals surface area contributed by atoms with Gasteiger partial charge in [0.25, 0.3) is 0 Å². The molecule has 0 spiro atoms. The van der Waals surface area contributed by atoms with E-state index in [4.69, 9.17) is 0 Å². The number of hydrogen-bond acceptors (Lipinski definition) is 4. The molecule has 110 valence electrons. The minimum Gasteiger partial charge on any atom is -0.370 e. The summed E-state index contributed by atoms with van der Waals surface area (Å²) < 4.78 is 25.1. The van der Waals surface area contributed by atoms with Gasteiger partial charge in [-0.15, -0.1) is 0 Å². The first-order valence-corrected chi connectivity index (χ1v) is 8.51. The maximum atomic E-state index is 11.9. The van der Waals surface area contributed by atoms with Gasteiger partial charge in [0.2, 0.25) is 10.0 Å². The Balaban J connectivity index is 1.65. The number of anilines is 1. The number of aromatic nitrogens is 1. The normalized spacial score (nSPS) is 20.9. The monoisotopic (exact) mass is 295 g/mol. The Hall–Kier alpha value is -1.14. The molecule has 2 fully saturated rings. The van der Waals surface area contributed by atoms with Gasteiger partial charge < -0.3 is 5.32 Å². The number of nitrogens with zero attached hydrogens (tertiary/aromatic N) is 2. The van der Waals surface area contributed by atoms with Crippen molar-refractivity contribution in [2.75, 3.05) is 26.0 Å². The fourth-order valence-corrected chi connectivity index (χ4v) is 3.55. The summed E-state index contributed by atoms with van der Waals surface area (Å²) in [6, 6.07) is 3.36. The standard InChI is InChI=1S/C14H21N3O2S/c1-17(2)20(18,19)12-5-6-13(15-9-12)16-10-14(7-8-14)11-3-4-11/h5-6,9,11H,3-4,7-8,10H2,1-2H3,(H,15,16). The van der Waals surface area contributed by atoms with Gasteiger partial charge in [0, 0.05) is 26.8 Å². The van der Waals surface area contributed by atoms with Crippen molar-refractivity contribution in [3.63, 3.8) is 0 Å². The quantitative estimate of drug-likeness (QED) is 0.871. The Morgan fingerprint density at radius 1 is 1.35 bits per heavy atom. The van der Waals surface area contributed by atoms with Crippen molar-refractivity contribution >= 4 is 15.8 Å². The van der Waals surface area contributed by atoms with Crippen LogP contribution >= 0.6 is 0 Å². The van der Waals surface area contributed by atoms with Crippen molar-refractivity contribution in [2.24, 2.45) is 11.3 Å². The van der Waals surface area contributed by atoms with E-state index in [-0.39, 0.29) is 4.90 Å². The summed E-state index contributed by atoms with van der Waals surface area (Å²) in [5.74, 6) is 1.66. The van der Waals surface area contributed by atoms with Crippen LogP contribution in [0.1, 0.15) is 25.7 Å². The lowest BCUT2D eigenvalue weighted by Crippen LogP contribution is -2.22. The molecule has 5 nitrogen and oxygen atoms in total. The van der Waals surface area contributed by atoms with Gasteiger partial charge in [0.15, 0.2) is 0 Å². The molecule has 3 rings (SSSR count). The highest BCUT2D eigenvalue weighted by atomic mass is 32.2. The summed E-state index contributed by atoms with van der Waals surface area (Å²) in [5, 5.41) is 3.36. The highest BCUT2D eigenvalue weighted by Gasteiger charge is 2.53. The number of hydrogen-bond donors (Lipinski definition) is 1. The van der Waals surface area contributed by atoms with Crippen molar-refractivity contribution in [3.8, 4) is 0 Å². The van der Waals surface area contributed by atoms with Crippen molar-refractivity contribution in [1.29, 1.82) is 0 Å². The number of nitrogens with one attached hydrogen (secondary N) is 1. The predicted octanol–water partition coefficient (Wildman–Crippen LogP) is 1.93. The first kappa shape index (κ1) is 13.8. The number of pyridine rings is 1. The second-order valence-electron chi connectivity index (χ2n) is 6.16. The van der Waals surface area contributed by atoms with Gasteiger partial charge in [-0.05, 0) is 49.1 Å². The SMILES string of the molecule is CN(C)S(=O)(=O)c1ccc(NCC2(C3CC3)CC2)nc1. The summed E-state index contributed by atoms with van der Waals surface area (Å²) in [6.07, 6.45) is 6.80. The van der Waals surface area contributed by atoms with E-state index >= 15 is 0 Å². The molecule has 1 N–H and O–H groups in total. The van der Waals surface area contributed by atoms with Gasteiger partial charge in [-0.25, -0.2) is 17.7 Å². The summed E-state index contributed by atoms with van der Waals surface area (Å²) >= 11 is 0. The van der Waals surface area contributed by atoms with Gasteiger partial charge in [0.05, 0.1) is 0 Å². The Kier molecular flexibility index (Phi) is 3.25. The molecule has 1 aromatic rings. The zero-order chi connectivity index (χ0) is 14.4. The average molecular weight is 295 g/mol. The molecule has 0 amide bonds. The van der Waals surface area contributed by atoms with Crippen LogP contribution in [0.5, 0.6) is 0 Å². The zero-order valence-corrected chi connectivity index (χ0v) is 12.8. The molecule has 0 aromatic carbocycles. The summed E-state index contributed by atoms with van der Waals surface area (Å²) in [5.41, 5.74) is 0.510. The maximum absolute atomic E-state index is 11.9. The van der Waals surface area contributed by atoms with Crippen LogP contribution in [0.3, 0.4) is 0 Å². The molecular weight excluding hydrogens is 274 g/mol. The Morgan fingerprint density at radius 3 is 2.50 bits per heavy atom. The van der Waals surface area contributed by atoms with Crippen LogP contribution in [0.4, 0.5) is 5.82 Å². The largest absolute Gasteiger partial charge is 0.370 e. The summed E-state index contributed by atoms with van der Waals surface area (Å²) in [4.78, 5) is 4.45. The highest BCUT2D eigenvalue weighted by molar-refractivity contribution is 7.89. The third-order valence-electron chi connectivity index (χ3n) is 4.47. The molecule has 2 saturated carbocycles. The summed E-state index contributed by atoms with van der Waals surface area (Å²) in [7, 11) is -0.341. The van der Waals surface area contributed by atoms with E-state index < -0.39 is 10.0 Å². The van der Waals surface area contributed by atoms with Gasteiger partial charge in [-0.3, -0.25) is 0 Å². The molecule has 0 atom stereocenters. The fourth-order valence-electron chi connectivity index (χ4n) is 2.70. The molecule has 0 radical (unpaired) electrons. The van der Waals surface area contributed by atoms with Gasteiger partial charge >= 0.3 is 0 Å². The number of rotatable bonds is 6. The first-order valence-electron chi connectivity index (χ1n) is 7.07. The molecule has 6 heteroatoms. The first-order chi connectivity index (χ1) is 9.44. The smallest absolute Gasteiger partial charge is 0.244 e. The van der Waals surface area contributed by atoms with E-state index in [0.717, 1.165) is 18.3 Å². The molecule has 1 aromatic heterocycles. The van der Waals surface area contributed by atoms with Gasteiger partial charge in [0.1, 0.15) is 10.7 Å². The van der Waals surface area contributed by atoms with E-state index in [1.165, 1.54) is 50.3 Å². The second kappa shape index (κ2) is 4.70. The van der Waals surface area contributed by atoms with E-state index in [1.807, 2.05) is 0 Å². The van der Waals surface area contributed by atoms with Crippen LogP contribution in [-0.4, -0.2) is 38.3 Å². The van der Waals surface area contributed by atoms with E-state index in [2.05, 4.69) is 10.3 Å². The van der Waals surface area contributed by atoms with E-state index in [1.54, 1.807) is 12.1 Å². The number of sulfonamides is 1. The van der Waals surface area contributed by atoms with Crippen molar-refractivity contribution in [2.45, 2.75) is 30.6 Å². The highest BCUT2D eigenvalue weighted by Crippen LogP contribution is 2.61. The maximum Gasteiger partial charge on any atom is 0.244 e. The van der Waals surface area contributed by atoms with Crippen LogP contribution in [-0.2, 0) is 10.0 Å². The second-order valence-corrected chi connectivity index (χ2v) is 8.31. The Labute approximate surface area is 120 Å². The lowest BCUT2D eigenvalue weighted by molar-refractivity contribution is 0.466. The molecule has 2 aliphatic rings. The van der Waals surface area contributed by atoms with Crippen LogP contribution in [0.25, 0.3) is 0 Å². The predicted molar refractivity (Wildman–Crippen MR) is 78.0 cm³/mol. The van der Waals surface area contributed by atoms with Crippen molar-refractivity contribution in [3.05, 3.63) is 18.3 Å². The average Bonchev–Trinajstić information content (AvgIpc) is 3.28. The lowest BCUT2D eigenvalue weighted by atomic mass is 10.0. The molecule has 0 saturated heterocycles. The Morgan fingerprint density at radius 2 is 2.05 bits per heavy atom. The third kappa shape index (κ3) is 2.54. The minimum atomic E-state index is -3.39. The Bertz CT molecular complexity index is 587. The van der Waals surface area contributed by atoms with Crippen LogP contribution < -0.4 is 5.32 Å². The van der Waals surface area contributed by atoms with Crippen molar-refractivity contribution in [1.82, 2.24) is 9.29 Å². The zero-order valence-electron chi connectivity index (χ0n) is 12.0. The fraction of sp³-hybridized carbons (Fsp3) is 0.643. The van der Waals surface area contributed by atoms with E-state index in [9.17, 15) is 8.42 Å². The molecule has 0 bridgehead atoms. The van der Waals surface area contributed by atoms with Crippen LogP contribution in [0.2, 0.25) is 0 Å². The third-order valence-corrected chi connectivity index (χ3v) is 6.27. The topological polar surface area (TPSA) is 62.3 Å². The van der Waals surface area contributed by atoms with Crippen molar-refractivity contribution < 1.29 is 8.42 Å². The molecular formula is C14H21N3O2S. The lowest BCUT2D eigenvalue weighted by Gasteiger charge is -2.16. The molecule has 1 heterocycles.